The number of fused-ring (bicyclic) bond motifs is 2. The van der Waals surface area contributed by atoms with Gasteiger partial charge in [-0.25, -0.2) is 0 Å². The monoisotopic (exact) mass is 554 g/mol. The van der Waals surface area contributed by atoms with Crippen LogP contribution >= 0.6 is 6.89 Å². The Balaban J connectivity index is 1.36. The first-order valence-electron chi connectivity index (χ1n) is 13.7. The van der Waals surface area contributed by atoms with Crippen LogP contribution in [-0.4, -0.2) is 16.2 Å². The van der Waals surface area contributed by atoms with Crippen molar-refractivity contribution in [3.05, 3.63) is 143 Å². The molecule has 1 saturated carbocycles. The highest BCUT2D eigenvalue weighted by Gasteiger charge is 2.43. The lowest BCUT2D eigenvalue weighted by molar-refractivity contribution is -0.118. The number of aromatic hydroxyl groups is 1. The summed E-state index contributed by atoms with van der Waals surface area (Å²) in [4.78, 5) is 27.4. The van der Waals surface area contributed by atoms with Gasteiger partial charge in [-0.15, -0.1) is 0 Å². The largest absolute Gasteiger partial charge is 0.507 e. The van der Waals surface area contributed by atoms with Crippen molar-refractivity contribution in [3.63, 3.8) is 0 Å². The number of benzene rings is 5. The smallest absolute Gasteiger partial charge is 0.204 e. The molecule has 0 spiro atoms. The zero-order valence-corrected chi connectivity index (χ0v) is 23.1. The third-order valence-electron chi connectivity index (χ3n) is 8.20. The van der Waals surface area contributed by atoms with Crippen molar-refractivity contribution in [2.24, 2.45) is 5.92 Å². The molecule has 5 heteroatoms. The molecule has 1 aromatic heterocycles. The van der Waals surface area contributed by atoms with Crippen LogP contribution in [0.5, 0.6) is 5.75 Å². The van der Waals surface area contributed by atoms with E-state index >= 15 is 0 Å². The summed E-state index contributed by atoms with van der Waals surface area (Å²) in [5.74, 6) is -0.255. The molecule has 1 N–H and O–H groups in total. The van der Waals surface area contributed by atoms with Crippen LogP contribution in [0.3, 0.4) is 0 Å². The molecule has 5 aromatic carbocycles. The number of carbonyl (C=O) groups is 1. The van der Waals surface area contributed by atoms with Crippen LogP contribution in [0.2, 0.25) is 0 Å². The molecule has 0 radical (unpaired) electrons. The number of carbonyl (C=O) groups excluding carboxylic acids is 1. The van der Waals surface area contributed by atoms with Crippen LogP contribution in [0.25, 0.3) is 21.9 Å². The first-order chi connectivity index (χ1) is 20.1. The Hall–Kier alpha value is -4.66. The molecule has 6 aromatic rings. The van der Waals surface area contributed by atoms with E-state index in [-0.39, 0.29) is 28.3 Å². The molecule has 1 unspecified atom stereocenters. The van der Waals surface area contributed by atoms with E-state index in [9.17, 15) is 14.7 Å². The number of hydrogen-bond donors (Lipinski definition) is 1. The highest BCUT2D eigenvalue weighted by molar-refractivity contribution is 7.96. The standard InChI is InChI=1S/C36H27O4P/c37-34-25(22-24-20-21-31-33(35(24)38)36(39)29-18-10-11-19-30(29)40-31)23-32(34)41(26-12-4-1-5-13-26,27-14-6-2-7-15-27)28-16-8-3-9-17-28/h1-21,25,38H,22-23H2. The fraction of sp³-hybridized carbons (Fsp3) is 0.0833. The lowest BCUT2D eigenvalue weighted by Gasteiger charge is -2.39. The van der Waals surface area contributed by atoms with Crippen molar-refractivity contribution < 1.29 is 14.3 Å². The number of para-hydroxylation sites is 1. The summed E-state index contributed by atoms with van der Waals surface area (Å²) in [7, 11) is 0. The molecule has 0 bridgehead atoms. The topological polar surface area (TPSA) is 67.5 Å². The Labute approximate surface area is 237 Å². The number of hydrogen-bond acceptors (Lipinski definition) is 4. The van der Waals surface area contributed by atoms with E-state index in [0.29, 0.717) is 35.0 Å². The van der Waals surface area contributed by atoms with Crippen LogP contribution < -0.4 is 21.3 Å². The summed E-state index contributed by atoms with van der Waals surface area (Å²) in [6.07, 6.45) is 0.976. The lowest BCUT2D eigenvalue weighted by atomic mass is 9.79. The van der Waals surface area contributed by atoms with Crippen molar-refractivity contribution in [1.29, 1.82) is 0 Å². The van der Waals surface area contributed by atoms with E-state index in [1.165, 1.54) is 0 Å². The van der Waals surface area contributed by atoms with Gasteiger partial charge in [-0.05, 0) is 59.4 Å². The predicted octanol–water partition coefficient (Wildman–Crippen LogP) is 5.95. The minimum atomic E-state index is -2.40. The van der Waals surface area contributed by atoms with Crippen molar-refractivity contribution in [2.45, 2.75) is 12.8 Å². The van der Waals surface area contributed by atoms with Crippen LogP contribution in [0.4, 0.5) is 0 Å². The van der Waals surface area contributed by atoms with Gasteiger partial charge < -0.3 is 9.52 Å². The normalized spacial score (nSPS) is 15.3. The van der Waals surface area contributed by atoms with E-state index in [2.05, 4.69) is 36.4 Å². The molecule has 0 amide bonds. The minimum absolute atomic E-state index is 0.0986. The van der Waals surface area contributed by atoms with Crippen LogP contribution in [0, 0.1) is 5.92 Å². The number of Topliss-reactive ketones (excluding diaryl/α,β-unsaturated/α-hetero) is 1. The van der Waals surface area contributed by atoms with E-state index in [1.807, 2.05) is 60.7 Å². The zero-order chi connectivity index (χ0) is 28.0. The van der Waals surface area contributed by atoms with E-state index in [1.54, 1.807) is 30.3 Å². The van der Waals surface area contributed by atoms with Crippen LogP contribution in [-0.2, 0) is 11.2 Å². The maximum absolute atomic E-state index is 14.2. The van der Waals surface area contributed by atoms with Crippen LogP contribution in [0.1, 0.15) is 12.0 Å². The molecule has 1 aliphatic carbocycles. The van der Waals surface area contributed by atoms with Crippen molar-refractivity contribution in [1.82, 2.24) is 0 Å². The molecule has 1 atom stereocenters. The Morgan fingerprint density at radius 1 is 0.659 bits per heavy atom. The highest BCUT2D eigenvalue weighted by atomic mass is 31.2. The van der Waals surface area contributed by atoms with E-state index in [4.69, 9.17) is 4.42 Å². The summed E-state index contributed by atoms with van der Waals surface area (Å²) < 4.78 is 5.91. The molecular formula is C36H27O4P. The second-order valence-corrected chi connectivity index (χ2v) is 13.9. The summed E-state index contributed by atoms with van der Waals surface area (Å²) in [6, 6.07) is 41.6. The molecule has 0 aliphatic heterocycles. The zero-order valence-electron chi connectivity index (χ0n) is 22.2. The van der Waals surface area contributed by atoms with Gasteiger partial charge in [-0.1, -0.05) is 109 Å². The molecule has 200 valence electrons. The third-order valence-corrected chi connectivity index (χ3v) is 12.6. The Kier molecular flexibility index (Phi) is 6.22. The molecule has 1 aliphatic rings. The van der Waals surface area contributed by atoms with Gasteiger partial charge in [0.1, 0.15) is 22.3 Å². The Morgan fingerprint density at radius 2 is 1.20 bits per heavy atom. The molecule has 7 rings (SSSR count). The summed E-state index contributed by atoms with van der Waals surface area (Å²) in [5, 5.41) is 16.2. The first-order valence-corrected chi connectivity index (χ1v) is 15.5. The van der Waals surface area contributed by atoms with Gasteiger partial charge in [0.2, 0.25) is 5.43 Å². The fourth-order valence-electron chi connectivity index (χ4n) is 6.21. The van der Waals surface area contributed by atoms with Crippen molar-refractivity contribution >= 4 is 55.8 Å². The van der Waals surface area contributed by atoms with Crippen LogP contribution in [0.15, 0.2) is 137 Å². The number of phenols is 1. The maximum Gasteiger partial charge on any atom is 0.204 e. The first kappa shape index (κ1) is 25.3. The fourth-order valence-corrected chi connectivity index (χ4v) is 10.9. The maximum atomic E-state index is 14.2. The second-order valence-electron chi connectivity index (χ2n) is 10.5. The Bertz CT molecular complexity index is 1940. The number of phenolic OH excluding ortho intramolecular Hbond substituents is 1. The van der Waals surface area contributed by atoms with Gasteiger partial charge in [0, 0.05) is 11.2 Å². The number of ketones is 1. The minimum Gasteiger partial charge on any atom is -0.507 e. The average molecular weight is 555 g/mol. The second kappa shape index (κ2) is 10.1. The molecular weight excluding hydrogens is 527 g/mol. The van der Waals surface area contributed by atoms with Crippen molar-refractivity contribution in [3.8, 4) is 5.75 Å². The van der Waals surface area contributed by atoms with E-state index < -0.39 is 6.89 Å². The highest BCUT2D eigenvalue weighted by Crippen LogP contribution is 2.51. The van der Waals surface area contributed by atoms with Gasteiger partial charge >= 0.3 is 0 Å². The van der Waals surface area contributed by atoms with Crippen molar-refractivity contribution in [2.75, 3.05) is 0 Å². The lowest BCUT2D eigenvalue weighted by Crippen LogP contribution is -2.45. The molecule has 0 saturated heterocycles. The van der Waals surface area contributed by atoms with Gasteiger partial charge in [0.05, 0.1) is 5.39 Å². The summed E-state index contributed by atoms with van der Waals surface area (Å²) in [5.41, 5.74) is 1.13. The predicted molar refractivity (Wildman–Crippen MR) is 169 cm³/mol. The third kappa shape index (κ3) is 3.98. The SMILES string of the molecule is O=C1C(=P(c2ccccc2)(c2ccccc2)c2ccccc2)CC1Cc1ccc2oc3ccccc3c(=O)c2c1O. The van der Waals surface area contributed by atoms with E-state index in [0.717, 1.165) is 21.2 Å². The molecule has 1 heterocycles. The Morgan fingerprint density at radius 3 is 1.76 bits per heavy atom. The molecule has 1 fully saturated rings. The quantitative estimate of drug-likeness (QED) is 0.211. The van der Waals surface area contributed by atoms with Gasteiger partial charge in [-0.2, -0.15) is 0 Å². The summed E-state index contributed by atoms with van der Waals surface area (Å²) >= 11 is 0. The van der Waals surface area contributed by atoms with Gasteiger partial charge in [0.15, 0.2) is 5.78 Å². The van der Waals surface area contributed by atoms with Gasteiger partial charge in [-0.3, -0.25) is 9.59 Å². The van der Waals surface area contributed by atoms with Gasteiger partial charge in [0.25, 0.3) is 0 Å². The number of rotatable bonds is 5. The average Bonchev–Trinajstić information content (AvgIpc) is 3.03. The molecule has 4 nitrogen and oxygen atoms in total. The molecule has 41 heavy (non-hydrogen) atoms. The summed E-state index contributed by atoms with van der Waals surface area (Å²) in [6.45, 7) is -2.40.